The number of nitrogens with zero attached hydrogens (tertiary/aromatic N) is 2. The van der Waals surface area contributed by atoms with Crippen molar-refractivity contribution in [3.8, 4) is 12.3 Å². The summed E-state index contributed by atoms with van der Waals surface area (Å²) in [5.74, 6) is 1.40. The van der Waals surface area contributed by atoms with Crippen LogP contribution in [0.25, 0.3) is 10.9 Å². The minimum absolute atomic E-state index is 0.0552. The highest BCUT2D eigenvalue weighted by Gasteiger charge is 2.17. The normalized spacial score (nSPS) is 10.8. The van der Waals surface area contributed by atoms with Gasteiger partial charge in [0.1, 0.15) is 5.82 Å². The molecule has 2 rings (SSSR count). The maximum absolute atomic E-state index is 14.0. The number of unbranched alkanes of at least 4 members (excludes halogenated alkanes) is 5. The summed E-state index contributed by atoms with van der Waals surface area (Å²) in [6.45, 7) is 2.58. The van der Waals surface area contributed by atoms with Crippen LogP contribution < -0.4 is 0 Å². The number of hydrogen-bond acceptors (Lipinski definition) is 3. The van der Waals surface area contributed by atoms with Crippen molar-refractivity contribution in [2.24, 2.45) is 0 Å². The van der Waals surface area contributed by atoms with Crippen molar-refractivity contribution in [1.82, 2.24) is 9.78 Å². The third-order valence-electron chi connectivity index (χ3n) is 4.12. The third kappa shape index (κ3) is 4.14. The maximum atomic E-state index is 14.0. The minimum Gasteiger partial charge on any atom is -0.465 e. The lowest BCUT2D eigenvalue weighted by Crippen LogP contribution is -2.06. The molecule has 4 nitrogen and oxygen atoms in total. The van der Waals surface area contributed by atoms with E-state index in [9.17, 15) is 9.18 Å². The van der Waals surface area contributed by atoms with Crippen molar-refractivity contribution in [1.29, 1.82) is 0 Å². The van der Waals surface area contributed by atoms with Crippen LogP contribution in [0.5, 0.6) is 0 Å². The van der Waals surface area contributed by atoms with Crippen molar-refractivity contribution >= 4 is 16.9 Å². The van der Waals surface area contributed by atoms with Crippen molar-refractivity contribution in [2.45, 2.75) is 52.0 Å². The van der Waals surface area contributed by atoms with Crippen molar-refractivity contribution in [3.05, 3.63) is 29.2 Å². The molecule has 0 radical (unpaired) electrons. The highest BCUT2D eigenvalue weighted by molar-refractivity contribution is 5.95. The Morgan fingerprint density at radius 2 is 2.00 bits per heavy atom. The Bertz CT molecular complexity index is 759. The fourth-order valence-corrected chi connectivity index (χ4v) is 2.81. The van der Waals surface area contributed by atoms with Gasteiger partial charge in [0, 0.05) is 18.4 Å². The summed E-state index contributed by atoms with van der Waals surface area (Å²) in [4.78, 5) is 11.7. The van der Waals surface area contributed by atoms with Crippen LogP contribution in [0.1, 0.15) is 54.6 Å². The molecule has 24 heavy (non-hydrogen) atoms. The summed E-state index contributed by atoms with van der Waals surface area (Å²) >= 11 is 0. The second-order valence-electron chi connectivity index (χ2n) is 5.87. The SMILES string of the molecule is C#CCCCCCCCn1nc(C)c2cc(F)c(C(=O)OC)cc21. The topological polar surface area (TPSA) is 44.1 Å². The van der Waals surface area contributed by atoms with Crippen LogP contribution in [-0.4, -0.2) is 22.9 Å². The maximum Gasteiger partial charge on any atom is 0.340 e. The molecule has 0 fully saturated rings. The number of aryl methyl sites for hydroxylation is 2. The summed E-state index contributed by atoms with van der Waals surface area (Å²) < 4.78 is 20.5. The molecule has 0 aliphatic carbocycles. The van der Waals surface area contributed by atoms with Gasteiger partial charge in [0.2, 0.25) is 0 Å². The predicted molar refractivity (Wildman–Crippen MR) is 92.3 cm³/mol. The van der Waals surface area contributed by atoms with E-state index in [-0.39, 0.29) is 5.56 Å². The average Bonchev–Trinajstić information content (AvgIpc) is 2.88. The Morgan fingerprint density at radius 3 is 2.71 bits per heavy atom. The molecule has 0 amide bonds. The zero-order chi connectivity index (χ0) is 17.5. The Labute approximate surface area is 142 Å². The fraction of sp³-hybridized carbons (Fsp3) is 0.474. The molecule has 0 saturated heterocycles. The van der Waals surface area contributed by atoms with E-state index in [4.69, 9.17) is 6.42 Å². The van der Waals surface area contributed by atoms with E-state index in [2.05, 4.69) is 15.8 Å². The van der Waals surface area contributed by atoms with Crippen LogP contribution in [0.4, 0.5) is 4.39 Å². The molecule has 5 heteroatoms. The molecule has 0 spiro atoms. The van der Waals surface area contributed by atoms with Crippen LogP contribution >= 0.6 is 0 Å². The van der Waals surface area contributed by atoms with Crippen LogP contribution in [0.3, 0.4) is 0 Å². The van der Waals surface area contributed by atoms with Gasteiger partial charge in [-0.3, -0.25) is 4.68 Å². The van der Waals surface area contributed by atoms with E-state index in [0.717, 1.165) is 61.7 Å². The van der Waals surface area contributed by atoms with E-state index < -0.39 is 11.8 Å². The van der Waals surface area contributed by atoms with Gasteiger partial charge in [-0.25, -0.2) is 9.18 Å². The van der Waals surface area contributed by atoms with Crippen LogP contribution in [0.2, 0.25) is 0 Å². The van der Waals surface area contributed by atoms with Gasteiger partial charge >= 0.3 is 5.97 Å². The van der Waals surface area contributed by atoms with Gasteiger partial charge in [0.15, 0.2) is 0 Å². The van der Waals surface area contributed by atoms with Crippen LogP contribution in [0, 0.1) is 25.1 Å². The molecule has 2 aromatic rings. The second-order valence-corrected chi connectivity index (χ2v) is 5.87. The first kappa shape index (κ1) is 18.0. The van der Waals surface area contributed by atoms with Gasteiger partial charge < -0.3 is 4.74 Å². The monoisotopic (exact) mass is 330 g/mol. The minimum atomic E-state index is -0.673. The standard InChI is InChI=1S/C19H23FN2O2/c1-4-5-6-7-8-9-10-11-22-18-13-16(19(23)24-3)17(20)12-15(18)14(2)21-22/h1,12-13H,5-11H2,2-3H3. The molecule has 0 bridgehead atoms. The molecule has 0 aliphatic rings. The van der Waals surface area contributed by atoms with Gasteiger partial charge in [0.25, 0.3) is 0 Å². The summed E-state index contributed by atoms with van der Waals surface area (Å²) in [6.07, 6.45) is 11.5. The van der Waals surface area contributed by atoms with Crippen LogP contribution in [0.15, 0.2) is 12.1 Å². The number of rotatable bonds is 8. The number of fused-ring (bicyclic) bond motifs is 1. The Balaban J connectivity index is 2.07. The number of hydrogen-bond donors (Lipinski definition) is 0. The van der Waals surface area contributed by atoms with Crippen LogP contribution in [-0.2, 0) is 11.3 Å². The first-order valence-electron chi connectivity index (χ1n) is 8.27. The first-order chi connectivity index (χ1) is 11.6. The van der Waals surface area contributed by atoms with Gasteiger partial charge in [-0.1, -0.05) is 19.3 Å². The lowest BCUT2D eigenvalue weighted by molar-refractivity contribution is 0.0595. The third-order valence-corrected chi connectivity index (χ3v) is 4.12. The smallest absolute Gasteiger partial charge is 0.340 e. The number of methoxy groups -OCH3 is 1. The van der Waals surface area contributed by atoms with Crippen molar-refractivity contribution in [2.75, 3.05) is 7.11 Å². The lowest BCUT2D eigenvalue weighted by atomic mass is 10.1. The second kappa shape index (κ2) is 8.49. The predicted octanol–water partition coefficient (Wildman–Crippen LogP) is 4.24. The number of esters is 1. The Kier molecular flexibility index (Phi) is 6.36. The molecule has 0 N–H and O–H groups in total. The van der Waals surface area contributed by atoms with Crippen molar-refractivity contribution < 1.29 is 13.9 Å². The lowest BCUT2D eigenvalue weighted by Gasteiger charge is -2.06. The van der Waals surface area contributed by atoms with E-state index in [0.29, 0.717) is 0 Å². The summed E-state index contributed by atoms with van der Waals surface area (Å²) in [5.41, 5.74) is 1.47. The molecular weight excluding hydrogens is 307 g/mol. The molecule has 1 heterocycles. The van der Waals surface area contributed by atoms with E-state index in [1.807, 2.05) is 11.6 Å². The van der Waals surface area contributed by atoms with Gasteiger partial charge in [-0.2, -0.15) is 5.10 Å². The average molecular weight is 330 g/mol. The summed E-state index contributed by atoms with van der Waals surface area (Å²) in [5, 5.41) is 5.21. The molecule has 0 aliphatic heterocycles. The fourth-order valence-electron chi connectivity index (χ4n) is 2.81. The van der Waals surface area contributed by atoms with E-state index in [1.165, 1.54) is 19.2 Å². The number of aromatic nitrogens is 2. The van der Waals surface area contributed by atoms with Gasteiger partial charge in [0.05, 0.1) is 23.9 Å². The van der Waals surface area contributed by atoms with Gasteiger partial charge in [-0.15, -0.1) is 12.3 Å². The molecule has 0 atom stereocenters. The van der Waals surface area contributed by atoms with Crippen molar-refractivity contribution in [3.63, 3.8) is 0 Å². The Hall–Kier alpha value is -2.35. The molecule has 1 aromatic carbocycles. The van der Waals surface area contributed by atoms with E-state index in [1.54, 1.807) is 0 Å². The first-order valence-corrected chi connectivity index (χ1v) is 8.27. The number of carbonyl (C=O) groups is 1. The Morgan fingerprint density at radius 1 is 1.29 bits per heavy atom. The summed E-state index contributed by atoms with van der Waals surface area (Å²) in [6, 6.07) is 2.89. The molecule has 128 valence electrons. The quantitative estimate of drug-likeness (QED) is 0.413. The largest absolute Gasteiger partial charge is 0.465 e. The van der Waals surface area contributed by atoms with E-state index >= 15 is 0 Å². The number of carbonyl (C=O) groups excluding carboxylic acids is 1. The highest BCUT2D eigenvalue weighted by Crippen LogP contribution is 2.23. The molecular formula is C19H23FN2O2. The zero-order valence-corrected chi connectivity index (χ0v) is 14.3. The number of benzene rings is 1. The number of halogens is 1. The zero-order valence-electron chi connectivity index (χ0n) is 14.3. The highest BCUT2D eigenvalue weighted by atomic mass is 19.1. The number of ether oxygens (including phenoxy) is 1. The van der Waals surface area contributed by atoms with Gasteiger partial charge in [-0.05, 0) is 31.9 Å². The molecule has 0 saturated carbocycles. The summed E-state index contributed by atoms with van der Waals surface area (Å²) in [7, 11) is 1.24. The number of terminal acetylenes is 1. The molecule has 1 aromatic heterocycles. The molecule has 0 unspecified atom stereocenters.